The van der Waals surface area contributed by atoms with Crippen molar-refractivity contribution >= 4 is 0 Å². The molecule has 0 aromatic carbocycles. The smallest absolute Gasteiger partial charge is 0.227 e. The van der Waals surface area contributed by atoms with Gasteiger partial charge in [0.2, 0.25) is 5.89 Å². The molecule has 84 valence electrons. The summed E-state index contributed by atoms with van der Waals surface area (Å²) in [6.07, 6.45) is 6.83. The van der Waals surface area contributed by atoms with E-state index >= 15 is 0 Å². The molecule has 0 fully saturated rings. The zero-order valence-corrected chi connectivity index (χ0v) is 8.97. The first-order valence-corrected chi connectivity index (χ1v) is 5.30. The average molecular weight is 218 g/mol. The molecule has 2 heterocycles. The summed E-state index contributed by atoms with van der Waals surface area (Å²) < 4.78 is 4.89. The second kappa shape index (κ2) is 5.97. The van der Waals surface area contributed by atoms with Crippen LogP contribution in [0.5, 0.6) is 0 Å². The second-order valence-corrected chi connectivity index (χ2v) is 3.44. The molecule has 16 heavy (non-hydrogen) atoms. The molecule has 0 aliphatic heterocycles. The number of rotatable bonds is 6. The fourth-order valence-corrected chi connectivity index (χ4v) is 1.41. The topological polar surface area (TPSA) is 63.8 Å². The minimum atomic E-state index is 0.677. The Morgan fingerprint density at radius 1 is 1.12 bits per heavy atom. The van der Waals surface area contributed by atoms with Crippen LogP contribution in [-0.4, -0.2) is 28.2 Å². The van der Waals surface area contributed by atoms with E-state index in [1.807, 2.05) is 24.5 Å². The van der Waals surface area contributed by atoms with Crippen LogP contribution in [0.4, 0.5) is 0 Å². The van der Waals surface area contributed by atoms with Crippen molar-refractivity contribution in [3.05, 3.63) is 42.3 Å². The summed E-state index contributed by atoms with van der Waals surface area (Å²) in [7, 11) is 0. The lowest BCUT2D eigenvalue weighted by molar-refractivity contribution is 0.375. The maximum absolute atomic E-state index is 4.89. The molecule has 0 amide bonds. The summed E-state index contributed by atoms with van der Waals surface area (Å²) in [6.45, 7) is 1.80. The largest absolute Gasteiger partial charge is 0.340 e. The highest BCUT2D eigenvalue weighted by atomic mass is 16.5. The molecule has 2 aromatic rings. The molecule has 0 aliphatic carbocycles. The Bertz CT molecular complexity index is 388. The molecule has 2 aromatic heterocycles. The van der Waals surface area contributed by atoms with E-state index in [0.29, 0.717) is 5.89 Å². The van der Waals surface area contributed by atoms with Gasteiger partial charge in [-0.1, -0.05) is 5.16 Å². The third-order valence-electron chi connectivity index (χ3n) is 2.26. The van der Waals surface area contributed by atoms with Crippen LogP contribution in [0.2, 0.25) is 0 Å². The summed E-state index contributed by atoms with van der Waals surface area (Å²) in [4.78, 5) is 7.92. The van der Waals surface area contributed by atoms with Crippen LogP contribution in [0.1, 0.15) is 11.5 Å². The first-order chi connectivity index (χ1) is 7.95. The van der Waals surface area contributed by atoms with E-state index in [2.05, 4.69) is 20.4 Å². The Labute approximate surface area is 93.9 Å². The Morgan fingerprint density at radius 3 is 2.69 bits per heavy atom. The molecule has 5 nitrogen and oxygen atoms in total. The van der Waals surface area contributed by atoms with Gasteiger partial charge in [-0.2, -0.15) is 4.98 Å². The Morgan fingerprint density at radius 2 is 1.94 bits per heavy atom. The molecule has 0 aliphatic rings. The maximum Gasteiger partial charge on any atom is 0.227 e. The fraction of sp³-hybridized carbons (Fsp3) is 0.364. The number of aromatic nitrogens is 3. The number of hydrogen-bond acceptors (Lipinski definition) is 5. The summed E-state index contributed by atoms with van der Waals surface area (Å²) in [6, 6.07) is 4.05. The zero-order valence-electron chi connectivity index (χ0n) is 8.97. The van der Waals surface area contributed by atoms with Crippen LogP contribution in [0.25, 0.3) is 0 Å². The minimum Gasteiger partial charge on any atom is -0.340 e. The Balaban J connectivity index is 1.59. The predicted molar refractivity (Wildman–Crippen MR) is 58.8 cm³/mol. The lowest BCUT2D eigenvalue weighted by Crippen LogP contribution is -2.20. The van der Waals surface area contributed by atoms with E-state index in [9.17, 15) is 0 Å². The molecule has 1 N–H and O–H groups in total. The molecule has 0 unspecified atom stereocenters. The van der Waals surface area contributed by atoms with Gasteiger partial charge in [-0.15, -0.1) is 0 Å². The first-order valence-electron chi connectivity index (χ1n) is 5.30. The maximum atomic E-state index is 4.89. The van der Waals surface area contributed by atoms with Gasteiger partial charge in [0, 0.05) is 25.4 Å². The van der Waals surface area contributed by atoms with Crippen LogP contribution in [0, 0.1) is 0 Å². The highest BCUT2D eigenvalue weighted by Crippen LogP contribution is 1.96. The number of hydrogen-bond donors (Lipinski definition) is 1. The molecular weight excluding hydrogens is 204 g/mol. The van der Waals surface area contributed by atoms with Crippen molar-refractivity contribution in [2.24, 2.45) is 0 Å². The standard InChI is InChI=1S/C11H14N4O/c1-5-12-6-2-10(1)3-7-13-8-4-11-14-9-15-16-11/h1-2,5-6,9,13H,3-4,7-8H2. The van der Waals surface area contributed by atoms with Crippen molar-refractivity contribution in [1.29, 1.82) is 0 Å². The number of pyridine rings is 1. The van der Waals surface area contributed by atoms with Crippen molar-refractivity contribution in [3.63, 3.8) is 0 Å². The second-order valence-electron chi connectivity index (χ2n) is 3.44. The molecule has 0 atom stereocenters. The molecule has 5 heteroatoms. The van der Waals surface area contributed by atoms with Crippen molar-refractivity contribution in [2.45, 2.75) is 12.8 Å². The van der Waals surface area contributed by atoms with Crippen LogP contribution in [-0.2, 0) is 12.8 Å². The summed E-state index contributed by atoms with van der Waals surface area (Å²) in [5.74, 6) is 0.677. The van der Waals surface area contributed by atoms with Crippen LogP contribution in [0.15, 0.2) is 35.4 Å². The molecule has 2 rings (SSSR count). The summed E-state index contributed by atoms with van der Waals surface area (Å²) >= 11 is 0. The van der Waals surface area contributed by atoms with E-state index in [-0.39, 0.29) is 0 Å². The predicted octanol–water partition coefficient (Wildman–Crippen LogP) is 0.839. The van der Waals surface area contributed by atoms with Gasteiger partial charge in [-0.25, -0.2) is 0 Å². The van der Waals surface area contributed by atoms with Crippen molar-refractivity contribution < 1.29 is 4.52 Å². The van der Waals surface area contributed by atoms with Gasteiger partial charge < -0.3 is 9.84 Å². The van der Waals surface area contributed by atoms with E-state index in [1.54, 1.807) is 0 Å². The summed E-state index contributed by atoms with van der Waals surface area (Å²) in [5.41, 5.74) is 1.29. The lowest BCUT2D eigenvalue weighted by atomic mass is 10.2. The quantitative estimate of drug-likeness (QED) is 0.728. The third-order valence-corrected chi connectivity index (χ3v) is 2.26. The number of nitrogens with zero attached hydrogens (tertiary/aromatic N) is 3. The van der Waals surface area contributed by atoms with Gasteiger partial charge in [0.15, 0.2) is 6.33 Å². The third kappa shape index (κ3) is 3.43. The fourth-order valence-electron chi connectivity index (χ4n) is 1.41. The van der Waals surface area contributed by atoms with Gasteiger partial charge in [0.1, 0.15) is 0 Å². The van der Waals surface area contributed by atoms with Crippen LogP contribution < -0.4 is 5.32 Å². The lowest BCUT2D eigenvalue weighted by Gasteiger charge is -2.02. The molecule has 0 saturated heterocycles. The van der Waals surface area contributed by atoms with Crippen LogP contribution >= 0.6 is 0 Å². The monoisotopic (exact) mass is 218 g/mol. The minimum absolute atomic E-state index is 0.677. The van der Waals surface area contributed by atoms with Crippen molar-refractivity contribution in [3.8, 4) is 0 Å². The Kier molecular flexibility index (Phi) is 4.01. The average Bonchev–Trinajstić information content (AvgIpc) is 2.83. The molecule has 0 bridgehead atoms. The highest BCUT2D eigenvalue weighted by molar-refractivity contribution is 5.09. The first kappa shape index (κ1) is 10.8. The molecule has 0 spiro atoms. The van der Waals surface area contributed by atoms with Gasteiger partial charge in [0.05, 0.1) is 0 Å². The SMILES string of the molecule is c1cc(CCNCCc2ncno2)ccn1. The molecule has 0 saturated carbocycles. The zero-order chi connectivity index (χ0) is 11.1. The van der Waals surface area contributed by atoms with Gasteiger partial charge in [-0.3, -0.25) is 4.98 Å². The van der Waals surface area contributed by atoms with E-state index < -0.39 is 0 Å². The van der Waals surface area contributed by atoms with E-state index in [4.69, 9.17) is 4.52 Å². The normalized spacial score (nSPS) is 10.5. The van der Waals surface area contributed by atoms with Crippen LogP contribution in [0.3, 0.4) is 0 Å². The summed E-state index contributed by atoms with van der Waals surface area (Å²) in [5, 5.41) is 6.87. The Hall–Kier alpha value is -1.75. The van der Waals surface area contributed by atoms with Gasteiger partial charge in [0.25, 0.3) is 0 Å². The van der Waals surface area contributed by atoms with Crippen molar-refractivity contribution in [1.82, 2.24) is 20.4 Å². The molecule has 0 radical (unpaired) electrons. The molecular formula is C11H14N4O. The van der Waals surface area contributed by atoms with Gasteiger partial charge in [-0.05, 0) is 30.7 Å². The number of nitrogens with one attached hydrogen (secondary N) is 1. The van der Waals surface area contributed by atoms with E-state index in [1.165, 1.54) is 11.9 Å². The van der Waals surface area contributed by atoms with E-state index in [0.717, 1.165) is 25.9 Å². The van der Waals surface area contributed by atoms with Gasteiger partial charge >= 0.3 is 0 Å². The van der Waals surface area contributed by atoms with Crippen molar-refractivity contribution in [2.75, 3.05) is 13.1 Å². The highest BCUT2D eigenvalue weighted by Gasteiger charge is 1.97.